The molecular weight excluding hydrogens is 102 g/mol. The fourth-order valence-corrected chi connectivity index (χ4v) is 0.274. The Hall–Kier alpha value is -0.500. The van der Waals surface area contributed by atoms with E-state index in [0.29, 0.717) is 12.3 Å². The maximum atomic E-state index is 5.22. The summed E-state index contributed by atoms with van der Waals surface area (Å²) in [5.74, 6) is 0. The van der Waals surface area contributed by atoms with E-state index in [2.05, 4.69) is 6.58 Å². The van der Waals surface area contributed by atoms with Crippen molar-refractivity contribution in [2.75, 3.05) is 6.61 Å². The maximum Gasteiger partial charge on any atom is 0.0857 e. The molecule has 0 bridgehead atoms. The van der Waals surface area contributed by atoms with Gasteiger partial charge in [-0.15, -0.1) is 0 Å². The normalized spacial score (nSPS) is 9.88. The van der Waals surface area contributed by atoms with E-state index in [1.165, 1.54) is 0 Å². The molecule has 0 saturated carbocycles. The fourth-order valence-electron chi connectivity index (χ4n) is 0.274. The van der Waals surface area contributed by atoms with Crippen LogP contribution in [0.2, 0.25) is 0 Å². The molecule has 0 aliphatic heterocycles. The van der Waals surface area contributed by atoms with Gasteiger partial charge in [0, 0.05) is 5.70 Å². The van der Waals surface area contributed by atoms with E-state index in [9.17, 15) is 0 Å². The molecule has 0 saturated heterocycles. The van der Waals surface area contributed by atoms with E-state index in [0.717, 1.165) is 0 Å². The molecule has 0 radical (unpaired) electrons. The third-order valence-corrected chi connectivity index (χ3v) is 0.602. The van der Waals surface area contributed by atoms with Crippen LogP contribution in [0.15, 0.2) is 12.3 Å². The highest BCUT2D eigenvalue weighted by atomic mass is 16.5. The lowest BCUT2D eigenvalue weighted by Crippen LogP contribution is -2.09. The van der Waals surface area contributed by atoms with Crippen molar-refractivity contribution in [1.82, 2.24) is 0 Å². The van der Waals surface area contributed by atoms with Gasteiger partial charge in [0.15, 0.2) is 0 Å². The summed E-state index contributed by atoms with van der Waals surface area (Å²) in [4.78, 5) is 0. The van der Waals surface area contributed by atoms with Gasteiger partial charge >= 0.3 is 0 Å². The summed E-state index contributed by atoms with van der Waals surface area (Å²) in [6.45, 7) is 7.87. The van der Waals surface area contributed by atoms with Crippen LogP contribution in [-0.2, 0) is 4.74 Å². The standard InChI is InChI=1S/C6H13NO/c1-5(2)8-4-6(3)7/h5H,3-4,7H2,1-2H3. The number of rotatable bonds is 3. The molecule has 0 spiro atoms. The van der Waals surface area contributed by atoms with Gasteiger partial charge in [0.2, 0.25) is 0 Å². The molecule has 0 unspecified atom stereocenters. The van der Waals surface area contributed by atoms with Gasteiger partial charge in [0.05, 0.1) is 12.7 Å². The number of hydrogen-bond acceptors (Lipinski definition) is 2. The minimum Gasteiger partial charge on any atom is -0.401 e. The quantitative estimate of drug-likeness (QED) is 0.592. The Morgan fingerprint density at radius 2 is 2.25 bits per heavy atom. The predicted molar refractivity (Wildman–Crippen MR) is 34.4 cm³/mol. The summed E-state index contributed by atoms with van der Waals surface area (Å²) in [5.41, 5.74) is 5.80. The Morgan fingerprint density at radius 1 is 1.75 bits per heavy atom. The van der Waals surface area contributed by atoms with Gasteiger partial charge in [-0.25, -0.2) is 0 Å². The zero-order chi connectivity index (χ0) is 6.57. The molecule has 0 aliphatic carbocycles. The first-order valence-electron chi connectivity index (χ1n) is 2.67. The predicted octanol–water partition coefficient (Wildman–Crippen LogP) is 0.884. The second-order valence-electron chi connectivity index (χ2n) is 2.02. The van der Waals surface area contributed by atoms with E-state index in [4.69, 9.17) is 10.5 Å². The third-order valence-electron chi connectivity index (χ3n) is 0.602. The Bertz CT molecular complexity index is 78.6. The summed E-state index contributed by atoms with van der Waals surface area (Å²) in [7, 11) is 0. The second kappa shape index (κ2) is 3.50. The monoisotopic (exact) mass is 115 g/mol. The van der Waals surface area contributed by atoms with E-state index in [-0.39, 0.29) is 6.10 Å². The van der Waals surface area contributed by atoms with Gasteiger partial charge in [-0.3, -0.25) is 0 Å². The lowest BCUT2D eigenvalue weighted by atomic mass is 10.5. The van der Waals surface area contributed by atoms with E-state index in [1.54, 1.807) is 0 Å². The van der Waals surface area contributed by atoms with Crippen LogP contribution in [0.4, 0.5) is 0 Å². The Balaban J connectivity index is 3.05. The summed E-state index contributed by atoms with van der Waals surface area (Å²) >= 11 is 0. The number of nitrogens with two attached hydrogens (primary N) is 1. The molecule has 0 aliphatic rings. The molecule has 8 heavy (non-hydrogen) atoms. The fraction of sp³-hybridized carbons (Fsp3) is 0.667. The van der Waals surface area contributed by atoms with Crippen LogP contribution in [0, 0.1) is 0 Å². The molecule has 0 aromatic rings. The van der Waals surface area contributed by atoms with Gasteiger partial charge in [-0.2, -0.15) is 0 Å². The molecule has 0 aromatic carbocycles. The zero-order valence-electron chi connectivity index (χ0n) is 5.48. The van der Waals surface area contributed by atoms with Crippen molar-refractivity contribution in [3.8, 4) is 0 Å². The van der Waals surface area contributed by atoms with Crippen molar-refractivity contribution in [2.45, 2.75) is 20.0 Å². The SMILES string of the molecule is C=C(N)COC(C)C. The van der Waals surface area contributed by atoms with Crippen LogP contribution in [-0.4, -0.2) is 12.7 Å². The number of ether oxygens (including phenoxy) is 1. The van der Waals surface area contributed by atoms with Crippen LogP contribution in [0.3, 0.4) is 0 Å². The molecule has 2 heteroatoms. The van der Waals surface area contributed by atoms with Gasteiger partial charge in [0.1, 0.15) is 0 Å². The molecule has 0 atom stereocenters. The molecule has 48 valence electrons. The average Bonchev–Trinajstić information content (AvgIpc) is 1.61. The molecule has 0 heterocycles. The van der Waals surface area contributed by atoms with Crippen molar-refractivity contribution in [1.29, 1.82) is 0 Å². The summed E-state index contributed by atoms with van der Waals surface area (Å²) in [5, 5.41) is 0. The van der Waals surface area contributed by atoms with Gasteiger partial charge < -0.3 is 10.5 Å². The topological polar surface area (TPSA) is 35.2 Å². The maximum absolute atomic E-state index is 5.22. The van der Waals surface area contributed by atoms with Crippen molar-refractivity contribution in [3.05, 3.63) is 12.3 Å². The first-order valence-corrected chi connectivity index (χ1v) is 2.67. The van der Waals surface area contributed by atoms with Crippen LogP contribution in [0.1, 0.15) is 13.8 Å². The minimum absolute atomic E-state index is 0.246. The number of hydrogen-bond donors (Lipinski definition) is 1. The molecular formula is C6H13NO. The van der Waals surface area contributed by atoms with E-state index < -0.39 is 0 Å². The van der Waals surface area contributed by atoms with Gasteiger partial charge in [-0.1, -0.05) is 6.58 Å². The highest BCUT2D eigenvalue weighted by Gasteiger charge is 1.90. The Kier molecular flexibility index (Phi) is 3.28. The van der Waals surface area contributed by atoms with Crippen LogP contribution < -0.4 is 5.73 Å². The molecule has 0 fully saturated rings. The van der Waals surface area contributed by atoms with Crippen molar-refractivity contribution < 1.29 is 4.74 Å². The Morgan fingerprint density at radius 3 is 2.38 bits per heavy atom. The first kappa shape index (κ1) is 7.50. The zero-order valence-corrected chi connectivity index (χ0v) is 5.48. The average molecular weight is 115 g/mol. The van der Waals surface area contributed by atoms with Crippen molar-refractivity contribution in [3.63, 3.8) is 0 Å². The molecule has 2 N–H and O–H groups in total. The molecule has 0 rings (SSSR count). The summed E-state index contributed by atoms with van der Waals surface area (Å²) < 4.78 is 5.08. The Labute approximate surface area is 50.3 Å². The largest absolute Gasteiger partial charge is 0.401 e. The minimum atomic E-state index is 0.246. The van der Waals surface area contributed by atoms with Crippen LogP contribution >= 0.6 is 0 Å². The molecule has 0 aromatic heterocycles. The van der Waals surface area contributed by atoms with Crippen molar-refractivity contribution >= 4 is 0 Å². The van der Waals surface area contributed by atoms with E-state index in [1.807, 2.05) is 13.8 Å². The summed E-state index contributed by atoms with van der Waals surface area (Å²) in [6.07, 6.45) is 0.246. The second-order valence-corrected chi connectivity index (χ2v) is 2.02. The molecule has 0 amide bonds. The molecule has 2 nitrogen and oxygen atoms in total. The van der Waals surface area contributed by atoms with Crippen LogP contribution in [0.25, 0.3) is 0 Å². The van der Waals surface area contributed by atoms with E-state index >= 15 is 0 Å². The van der Waals surface area contributed by atoms with Crippen LogP contribution in [0.5, 0.6) is 0 Å². The lowest BCUT2D eigenvalue weighted by Gasteiger charge is -2.04. The highest BCUT2D eigenvalue weighted by molar-refractivity contribution is 4.85. The summed E-state index contributed by atoms with van der Waals surface area (Å²) in [6, 6.07) is 0. The van der Waals surface area contributed by atoms with Gasteiger partial charge in [0.25, 0.3) is 0 Å². The lowest BCUT2D eigenvalue weighted by molar-refractivity contribution is 0.0969. The smallest absolute Gasteiger partial charge is 0.0857 e. The van der Waals surface area contributed by atoms with Crippen molar-refractivity contribution in [2.24, 2.45) is 5.73 Å². The third kappa shape index (κ3) is 5.50. The van der Waals surface area contributed by atoms with Gasteiger partial charge in [-0.05, 0) is 13.8 Å². The highest BCUT2D eigenvalue weighted by Crippen LogP contribution is 1.88. The first-order chi connectivity index (χ1) is 3.63.